The third-order valence-corrected chi connectivity index (χ3v) is 4.03. The molecule has 0 unspecified atom stereocenters. The van der Waals surface area contributed by atoms with E-state index in [4.69, 9.17) is 4.74 Å². The summed E-state index contributed by atoms with van der Waals surface area (Å²) in [4.78, 5) is 23.5. The predicted molar refractivity (Wildman–Crippen MR) is 86.3 cm³/mol. The lowest BCUT2D eigenvalue weighted by Gasteiger charge is -2.14. The Labute approximate surface area is 133 Å². The summed E-state index contributed by atoms with van der Waals surface area (Å²) in [7, 11) is 0. The number of aliphatic hydroxyl groups is 1. The molecule has 0 bridgehead atoms. The Morgan fingerprint density at radius 1 is 1.57 bits per heavy atom. The van der Waals surface area contributed by atoms with Gasteiger partial charge < -0.3 is 15.2 Å². The second-order valence-corrected chi connectivity index (χ2v) is 6.35. The number of rotatable bonds is 5. The van der Waals surface area contributed by atoms with Crippen LogP contribution in [-0.2, 0) is 4.74 Å². The van der Waals surface area contributed by atoms with Crippen molar-refractivity contribution in [1.29, 1.82) is 0 Å². The summed E-state index contributed by atoms with van der Waals surface area (Å²) in [5.74, 6) is 0.850. The summed E-state index contributed by atoms with van der Waals surface area (Å²) in [5.41, 5.74) is 0.456. The summed E-state index contributed by atoms with van der Waals surface area (Å²) in [6, 6.07) is 0. The van der Waals surface area contributed by atoms with Crippen LogP contribution in [0.15, 0.2) is 11.1 Å². The average molecular weight is 321 g/mol. The topological polar surface area (TPSA) is 105 Å². The van der Waals surface area contributed by atoms with Crippen LogP contribution in [0.3, 0.4) is 0 Å². The van der Waals surface area contributed by atoms with Gasteiger partial charge in [0.05, 0.1) is 18.5 Å². The van der Waals surface area contributed by atoms with Crippen LogP contribution in [0.4, 0.5) is 5.95 Å². The Hall–Kier alpha value is -1.93. The zero-order valence-electron chi connectivity index (χ0n) is 13.6. The standard InChI is InChI=1S/C15H23N5O3/c1-4-10-9(21)5-11(23-10)20-7-17-12-13(20)18-15(19-14(12)22)16-6-8(2)3/h7-11,21H,4-6H2,1-3H3,(H2,16,18,19,22)/t9-,10+,11-/m1/s1. The maximum atomic E-state index is 12.2. The SMILES string of the molecule is CC[C@@H]1O[C@@H](n2cnc3c(=O)[nH]c(NCC(C)C)nc32)C[C@H]1O. The molecule has 3 rings (SSSR count). The van der Waals surface area contributed by atoms with Crippen LogP contribution in [0.25, 0.3) is 11.2 Å². The first-order valence-electron chi connectivity index (χ1n) is 8.03. The van der Waals surface area contributed by atoms with Crippen molar-refractivity contribution in [3.05, 3.63) is 16.7 Å². The zero-order valence-corrected chi connectivity index (χ0v) is 13.6. The molecule has 8 heteroatoms. The van der Waals surface area contributed by atoms with Gasteiger partial charge in [-0.25, -0.2) is 4.98 Å². The Bertz CT molecular complexity index is 738. The van der Waals surface area contributed by atoms with Crippen molar-refractivity contribution in [3.8, 4) is 0 Å². The lowest BCUT2D eigenvalue weighted by Crippen LogP contribution is -2.19. The number of fused-ring (bicyclic) bond motifs is 1. The van der Waals surface area contributed by atoms with Crippen molar-refractivity contribution in [2.24, 2.45) is 5.92 Å². The van der Waals surface area contributed by atoms with E-state index in [1.807, 2.05) is 6.92 Å². The van der Waals surface area contributed by atoms with Crippen molar-refractivity contribution in [3.63, 3.8) is 0 Å². The summed E-state index contributed by atoms with van der Waals surface area (Å²) >= 11 is 0. The van der Waals surface area contributed by atoms with Crippen LogP contribution in [0.5, 0.6) is 0 Å². The zero-order chi connectivity index (χ0) is 16.6. The Balaban J connectivity index is 1.94. The third kappa shape index (κ3) is 3.09. The summed E-state index contributed by atoms with van der Waals surface area (Å²) in [5, 5.41) is 13.1. The number of H-pyrrole nitrogens is 1. The number of hydrogen-bond donors (Lipinski definition) is 3. The number of aromatic amines is 1. The normalized spacial score (nSPS) is 24.7. The lowest BCUT2D eigenvalue weighted by molar-refractivity contribution is -0.0183. The molecule has 2 aromatic heterocycles. The van der Waals surface area contributed by atoms with Gasteiger partial charge >= 0.3 is 0 Å². The minimum absolute atomic E-state index is 0.196. The number of aromatic nitrogens is 4. The van der Waals surface area contributed by atoms with Crippen molar-refractivity contribution < 1.29 is 9.84 Å². The minimum atomic E-state index is -0.511. The molecule has 3 atom stereocenters. The van der Waals surface area contributed by atoms with E-state index in [0.29, 0.717) is 30.5 Å². The monoisotopic (exact) mass is 321 g/mol. The fourth-order valence-electron chi connectivity index (χ4n) is 2.78. The number of nitrogens with zero attached hydrogens (tertiary/aromatic N) is 3. The van der Waals surface area contributed by atoms with Gasteiger partial charge in [-0.3, -0.25) is 14.3 Å². The molecule has 1 aliphatic rings. The van der Waals surface area contributed by atoms with Crippen LogP contribution >= 0.6 is 0 Å². The van der Waals surface area contributed by atoms with E-state index in [1.165, 1.54) is 0 Å². The molecule has 1 aliphatic heterocycles. The minimum Gasteiger partial charge on any atom is -0.390 e. The number of hydrogen-bond acceptors (Lipinski definition) is 6. The van der Waals surface area contributed by atoms with Crippen LogP contribution in [0.2, 0.25) is 0 Å². The van der Waals surface area contributed by atoms with Crippen molar-refractivity contribution in [2.75, 3.05) is 11.9 Å². The summed E-state index contributed by atoms with van der Waals surface area (Å²) in [6.45, 7) is 6.83. The molecular formula is C15H23N5O3. The first-order chi connectivity index (χ1) is 11.0. The van der Waals surface area contributed by atoms with Gasteiger partial charge in [-0.05, 0) is 12.3 Å². The third-order valence-electron chi connectivity index (χ3n) is 4.03. The number of imidazole rings is 1. The highest BCUT2D eigenvalue weighted by Gasteiger charge is 2.34. The van der Waals surface area contributed by atoms with E-state index in [9.17, 15) is 9.90 Å². The quantitative estimate of drug-likeness (QED) is 0.765. The van der Waals surface area contributed by atoms with Gasteiger partial charge in [0.1, 0.15) is 6.23 Å². The van der Waals surface area contributed by atoms with Crippen LogP contribution in [-0.4, -0.2) is 43.4 Å². The van der Waals surface area contributed by atoms with Gasteiger partial charge in [0.15, 0.2) is 11.2 Å². The van der Waals surface area contributed by atoms with Gasteiger partial charge in [0.25, 0.3) is 5.56 Å². The second-order valence-electron chi connectivity index (χ2n) is 6.35. The van der Waals surface area contributed by atoms with Gasteiger partial charge in [-0.1, -0.05) is 20.8 Å². The average Bonchev–Trinajstić information content (AvgIpc) is 3.08. The van der Waals surface area contributed by atoms with Crippen molar-refractivity contribution in [1.82, 2.24) is 19.5 Å². The summed E-state index contributed by atoms with van der Waals surface area (Å²) < 4.78 is 7.58. The molecule has 1 fully saturated rings. The molecule has 0 aliphatic carbocycles. The van der Waals surface area contributed by atoms with Crippen LogP contribution in [0.1, 0.15) is 39.8 Å². The van der Waals surface area contributed by atoms with Crippen LogP contribution < -0.4 is 10.9 Å². The molecule has 0 saturated carbocycles. The highest BCUT2D eigenvalue weighted by molar-refractivity contribution is 5.70. The highest BCUT2D eigenvalue weighted by Crippen LogP contribution is 2.31. The Morgan fingerprint density at radius 3 is 3.00 bits per heavy atom. The van der Waals surface area contributed by atoms with Crippen LogP contribution in [0, 0.1) is 5.92 Å². The Kier molecular flexibility index (Phi) is 4.36. The molecule has 126 valence electrons. The van der Waals surface area contributed by atoms with E-state index in [0.717, 1.165) is 6.42 Å². The molecule has 1 saturated heterocycles. The summed E-state index contributed by atoms with van der Waals surface area (Å²) in [6.07, 6.45) is 1.69. The smallest absolute Gasteiger partial charge is 0.280 e. The molecule has 0 radical (unpaired) electrons. The molecule has 8 nitrogen and oxygen atoms in total. The fourth-order valence-corrected chi connectivity index (χ4v) is 2.78. The largest absolute Gasteiger partial charge is 0.390 e. The molecule has 0 aromatic carbocycles. The molecular weight excluding hydrogens is 298 g/mol. The second kappa shape index (κ2) is 6.29. The van der Waals surface area contributed by atoms with E-state index in [2.05, 4.69) is 34.1 Å². The first-order valence-corrected chi connectivity index (χ1v) is 8.03. The molecule has 0 spiro atoms. The Morgan fingerprint density at radius 2 is 2.35 bits per heavy atom. The number of ether oxygens (including phenoxy) is 1. The first kappa shape index (κ1) is 15.9. The van der Waals surface area contributed by atoms with Gasteiger partial charge in [-0.15, -0.1) is 0 Å². The fraction of sp³-hybridized carbons (Fsp3) is 0.667. The van der Waals surface area contributed by atoms with E-state index < -0.39 is 6.10 Å². The highest BCUT2D eigenvalue weighted by atomic mass is 16.5. The molecule has 3 N–H and O–H groups in total. The predicted octanol–water partition coefficient (Wildman–Crippen LogP) is 1.25. The molecule has 3 heterocycles. The maximum Gasteiger partial charge on any atom is 0.280 e. The van der Waals surface area contributed by atoms with E-state index >= 15 is 0 Å². The lowest BCUT2D eigenvalue weighted by atomic mass is 10.1. The molecule has 0 amide bonds. The van der Waals surface area contributed by atoms with Gasteiger partial charge in [-0.2, -0.15) is 4.98 Å². The number of anilines is 1. The van der Waals surface area contributed by atoms with E-state index in [1.54, 1.807) is 10.9 Å². The number of aliphatic hydroxyl groups excluding tert-OH is 1. The van der Waals surface area contributed by atoms with E-state index in [-0.39, 0.29) is 23.4 Å². The number of nitrogens with one attached hydrogen (secondary N) is 2. The maximum absolute atomic E-state index is 12.2. The van der Waals surface area contributed by atoms with Gasteiger partial charge in [0, 0.05) is 13.0 Å². The van der Waals surface area contributed by atoms with Crippen molar-refractivity contribution in [2.45, 2.75) is 52.0 Å². The van der Waals surface area contributed by atoms with Crippen molar-refractivity contribution >= 4 is 17.1 Å². The molecule has 23 heavy (non-hydrogen) atoms. The molecule has 2 aromatic rings. The van der Waals surface area contributed by atoms with Gasteiger partial charge in [0.2, 0.25) is 5.95 Å².